The molecule has 0 atom stereocenters. The Bertz CT molecular complexity index is 702. The molecule has 0 aliphatic rings. The van der Waals surface area contributed by atoms with Gasteiger partial charge < -0.3 is 10.1 Å². The number of Topliss-reactive ketones (excluding diaryl/α,β-unsaturated/α-hetero) is 1. The highest BCUT2D eigenvalue weighted by atomic mass is 32.1. The molecule has 0 saturated carbocycles. The number of ether oxygens (including phenoxy) is 1. The van der Waals surface area contributed by atoms with Crippen molar-refractivity contribution in [1.82, 2.24) is 5.32 Å². The summed E-state index contributed by atoms with van der Waals surface area (Å²) in [5.41, 5.74) is 0.844. The number of carbonyl (C=O) groups excluding carboxylic acids is 3. The third-order valence-corrected chi connectivity index (χ3v) is 4.95. The van der Waals surface area contributed by atoms with E-state index >= 15 is 0 Å². The SMILES string of the molecule is CC(=O)NCc1ccc(C(=O)COC(=O)c2sccc2C)s1. The number of aryl methyl sites for hydroxylation is 1. The van der Waals surface area contributed by atoms with Gasteiger partial charge in [-0.1, -0.05) is 0 Å². The van der Waals surface area contributed by atoms with Crippen LogP contribution in [0.25, 0.3) is 0 Å². The number of nitrogens with one attached hydrogen (secondary N) is 1. The monoisotopic (exact) mass is 337 g/mol. The molecular formula is C15H15NO4S2. The molecule has 0 aliphatic heterocycles. The number of ketones is 1. The molecule has 2 rings (SSSR count). The number of hydrogen-bond donors (Lipinski definition) is 1. The molecule has 0 aliphatic carbocycles. The molecule has 0 unspecified atom stereocenters. The lowest BCUT2D eigenvalue weighted by Gasteiger charge is -2.02. The van der Waals surface area contributed by atoms with E-state index in [1.807, 2.05) is 13.0 Å². The Morgan fingerprint density at radius 1 is 1.23 bits per heavy atom. The lowest BCUT2D eigenvalue weighted by atomic mass is 10.3. The van der Waals surface area contributed by atoms with Crippen LogP contribution >= 0.6 is 22.7 Å². The van der Waals surface area contributed by atoms with Crippen molar-refractivity contribution in [1.29, 1.82) is 0 Å². The normalized spacial score (nSPS) is 10.3. The summed E-state index contributed by atoms with van der Waals surface area (Å²) in [5, 5.41) is 4.47. The zero-order chi connectivity index (χ0) is 16.1. The van der Waals surface area contributed by atoms with Gasteiger partial charge in [0.1, 0.15) is 4.88 Å². The zero-order valence-electron chi connectivity index (χ0n) is 12.2. The Kier molecular flexibility index (Phi) is 5.46. The van der Waals surface area contributed by atoms with Crippen LogP contribution in [0.2, 0.25) is 0 Å². The van der Waals surface area contributed by atoms with Gasteiger partial charge in [-0.15, -0.1) is 22.7 Å². The van der Waals surface area contributed by atoms with Gasteiger partial charge in [0.25, 0.3) is 0 Å². The van der Waals surface area contributed by atoms with Gasteiger partial charge in [0, 0.05) is 11.8 Å². The molecule has 0 fully saturated rings. The van der Waals surface area contributed by atoms with Crippen molar-refractivity contribution in [2.45, 2.75) is 20.4 Å². The summed E-state index contributed by atoms with van der Waals surface area (Å²) in [7, 11) is 0. The second-order valence-corrected chi connectivity index (χ2v) is 6.69. The quantitative estimate of drug-likeness (QED) is 0.650. The lowest BCUT2D eigenvalue weighted by molar-refractivity contribution is -0.119. The third-order valence-electron chi connectivity index (χ3n) is 2.83. The largest absolute Gasteiger partial charge is 0.453 e. The van der Waals surface area contributed by atoms with E-state index in [1.165, 1.54) is 29.6 Å². The number of carbonyl (C=O) groups is 3. The summed E-state index contributed by atoms with van der Waals surface area (Å²) in [5.74, 6) is -0.848. The van der Waals surface area contributed by atoms with Gasteiger partial charge in [-0.25, -0.2) is 4.79 Å². The molecule has 5 nitrogen and oxygen atoms in total. The minimum Gasteiger partial charge on any atom is -0.453 e. The number of esters is 1. The van der Waals surface area contributed by atoms with Gasteiger partial charge in [0.15, 0.2) is 6.61 Å². The standard InChI is InChI=1S/C15H15NO4S2/c1-9-5-6-21-14(9)15(19)20-8-12(18)13-4-3-11(22-13)7-16-10(2)17/h3-6H,7-8H2,1-2H3,(H,16,17). The van der Waals surface area contributed by atoms with Gasteiger partial charge >= 0.3 is 5.97 Å². The van der Waals surface area contributed by atoms with E-state index in [4.69, 9.17) is 4.74 Å². The van der Waals surface area contributed by atoms with Crippen LogP contribution in [-0.2, 0) is 16.1 Å². The van der Waals surface area contributed by atoms with Crippen LogP contribution in [0, 0.1) is 6.92 Å². The minimum atomic E-state index is -0.476. The van der Waals surface area contributed by atoms with Crippen LogP contribution in [0.15, 0.2) is 23.6 Å². The van der Waals surface area contributed by atoms with Crippen molar-refractivity contribution < 1.29 is 19.1 Å². The Balaban J connectivity index is 1.88. The maximum atomic E-state index is 12.0. The summed E-state index contributed by atoms with van der Waals surface area (Å²) in [6, 6.07) is 5.28. The minimum absolute atomic E-state index is 0.124. The molecule has 0 spiro atoms. The van der Waals surface area contributed by atoms with E-state index in [0.29, 0.717) is 16.3 Å². The van der Waals surface area contributed by atoms with Gasteiger partial charge in [0.05, 0.1) is 11.4 Å². The first-order valence-corrected chi connectivity index (χ1v) is 8.24. The summed E-state index contributed by atoms with van der Waals surface area (Å²) < 4.78 is 5.05. The lowest BCUT2D eigenvalue weighted by Crippen LogP contribution is -2.18. The first kappa shape index (κ1) is 16.4. The zero-order valence-corrected chi connectivity index (χ0v) is 13.8. The summed E-state index contributed by atoms with van der Waals surface area (Å²) in [4.78, 5) is 36.6. The third kappa shape index (κ3) is 4.25. The Hall–Kier alpha value is -1.99. The molecule has 0 saturated heterocycles. The fraction of sp³-hybridized carbons (Fsp3) is 0.267. The van der Waals surface area contributed by atoms with Crippen molar-refractivity contribution >= 4 is 40.3 Å². The topological polar surface area (TPSA) is 72.5 Å². The van der Waals surface area contributed by atoms with E-state index in [-0.39, 0.29) is 18.3 Å². The Morgan fingerprint density at radius 2 is 2.00 bits per heavy atom. The molecule has 2 aromatic heterocycles. The van der Waals surface area contributed by atoms with Crippen LogP contribution < -0.4 is 5.32 Å². The average molecular weight is 337 g/mol. The van der Waals surface area contributed by atoms with E-state index in [9.17, 15) is 14.4 Å². The summed E-state index contributed by atoms with van der Waals surface area (Å²) in [6.45, 7) is 3.37. The number of rotatable bonds is 6. The molecule has 2 aromatic rings. The van der Waals surface area contributed by atoms with E-state index < -0.39 is 5.97 Å². The molecule has 0 bridgehead atoms. The van der Waals surface area contributed by atoms with Crippen molar-refractivity contribution in [3.8, 4) is 0 Å². The maximum Gasteiger partial charge on any atom is 0.349 e. The molecule has 2 heterocycles. The first-order valence-electron chi connectivity index (χ1n) is 6.55. The number of amides is 1. The van der Waals surface area contributed by atoms with Gasteiger partial charge in [0.2, 0.25) is 11.7 Å². The molecule has 22 heavy (non-hydrogen) atoms. The first-order chi connectivity index (χ1) is 10.5. The highest BCUT2D eigenvalue weighted by molar-refractivity contribution is 7.14. The summed E-state index contributed by atoms with van der Waals surface area (Å²) in [6.07, 6.45) is 0. The van der Waals surface area contributed by atoms with Gasteiger partial charge in [-0.3, -0.25) is 9.59 Å². The van der Waals surface area contributed by atoms with Crippen LogP contribution in [0.1, 0.15) is 36.7 Å². The predicted octanol–water partition coefficient (Wildman–Crippen LogP) is 2.79. The Labute approximate surface area is 135 Å². The maximum absolute atomic E-state index is 12.0. The molecule has 1 amide bonds. The smallest absolute Gasteiger partial charge is 0.349 e. The van der Waals surface area contributed by atoms with Crippen molar-refractivity contribution in [3.63, 3.8) is 0 Å². The predicted molar refractivity (Wildman–Crippen MR) is 85.5 cm³/mol. The molecule has 7 heteroatoms. The van der Waals surface area contributed by atoms with Gasteiger partial charge in [-0.2, -0.15) is 0 Å². The number of hydrogen-bond acceptors (Lipinski definition) is 6. The summed E-state index contributed by atoms with van der Waals surface area (Å²) >= 11 is 2.58. The highest BCUT2D eigenvalue weighted by Gasteiger charge is 2.16. The molecule has 1 N–H and O–H groups in total. The highest BCUT2D eigenvalue weighted by Crippen LogP contribution is 2.19. The molecular weight excluding hydrogens is 322 g/mol. The molecule has 0 radical (unpaired) electrons. The average Bonchev–Trinajstić information content (AvgIpc) is 3.11. The van der Waals surface area contributed by atoms with E-state index in [2.05, 4.69) is 5.32 Å². The van der Waals surface area contributed by atoms with Crippen molar-refractivity contribution in [3.05, 3.63) is 43.8 Å². The molecule has 0 aromatic carbocycles. The Morgan fingerprint density at radius 3 is 2.64 bits per heavy atom. The molecule has 116 valence electrons. The van der Waals surface area contributed by atoms with Crippen molar-refractivity contribution in [2.24, 2.45) is 0 Å². The van der Waals surface area contributed by atoms with Crippen molar-refractivity contribution in [2.75, 3.05) is 6.61 Å². The van der Waals surface area contributed by atoms with E-state index in [0.717, 1.165) is 10.4 Å². The van der Waals surface area contributed by atoms with Crippen LogP contribution in [0.3, 0.4) is 0 Å². The van der Waals surface area contributed by atoms with E-state index in [1.54, 1.807) is 17.5 Å². The number of thiophene rings is 2. The second-order valence-electron chi connectivity index (χ2n) is 4.61. The van der Waals surface area contributed by atoms with Crippen LogP contribution in [0.4, 0.5) is 0 Å². The van der Waals surface area contributed by atoms with Crippen LogP contribution in [-0.4, -0.2) is 24.3 Å². The fourth-order valence-corrected chi connectivity index (χ4v) is 3.37. The second kappa shape index (κ2) is 7.33. The van der Waals surface area contributed by atoms with Crippen LogP contribution in [0.5, 0.6) is 0 Å². The van der Waals surface area contributed by atoms with Gasteiger partial charge in [-0.05, 0) is 36.1 Å². The fourth-order valence-electron chi connectivity index (χ4n) is 1.68.